The lowest BCUT2D eigenvalue weighted by Crippen LogP contribution is -2.51. The smallest absolute Gasteiger partial charge is 0.237 e. The van der Waals surface area contributed by atoms with E-state index >= 15 is 0 Å². The van der Waals surface area contributed by atoms with Gasteiger partial charge in [0.05, 0.1) is 13.2 Å². The molecule has 1 unspecified atom stereocenters. The number of aromatic nitrogens is 2. The predicted octanol–water partition coefficient (Wildman–Crippen LogP) is -0.344. The SMILES string of the molecule is CCNc1snnc1CN1CCOCC1C(N)=O. The molecule has 0 aliphatic carbocycles. The number of ether oxygens (including phenoxy) is 1. The number of nitrogens with two attached hydrogens (primary N) is 1. The summed E-state index contributed by atoms with van der Waals surface area (Å²) in [4.78, 5) is 13.3. The molecule has 100 valence electrons. The van der Waals surface area contributed by atoms with E-state index in [1.807, 2.05) is 11.8 Å². The number of morpholine rings is 1. The van der Waals surface area contributed by atoms with E-state index in [9.17, 15) is 4.79 Å². The second kappa shape index (κ2) is 6.07. The van der Waals surface area contributed by atoms with Gasteiger partial charge in [-0.3, -0.25) is 9.69 Å². The van der Waals surface area contributed by atoms with E-state index in [4.69, 9.17) is 10.5 Å². The fraction of sp³-hybridized carbons (Fsp3) is 0.700. The molecule has 18 heavy (non-hydrogen) atoms. The number of hydrogen-bond acceptors (Lipinski definition) is 7. The minimum absolute atomic E-state index is 0.351. The van der Waals surface area contributed by atoms with Crippen LogP contribution in [0.1, 0.15) is 12.6 Å². The van der Waals surface area contributed by atoms with Gasteiger partial charge < -0.3 is 15.8 Å². The second-order valence-electron chi connectivity index (χ2n) is 4.04. The Morgan fingerprint density at radius 2 is 2.56 bits per heavy atom. The minimum Gasteiger partial charge on any atom is -0.378 e. The molecule has 0 radical (unpaired) electrons. The normalized spacial score (nSPS) is 20.8. The summed E-state index contributed by atoms with van der Waals surface area (Å²) in [6.45, 7) is 5.04. The monoisotopic (exact) mass is 271 g/mol. The third kappa shape index (κ3) is 2.95. The summed E-state index contributed by atoms with van der Waals surface area (Å²) in [5.74, 6) is -0.358. The van der Waals surface area contributed by atoms with E-state index in [-0.39, 0.29) is 11.9 Å². The van der Waals surface area contributed by atoms with Crippen molar-refractivity contribution in [1.29, 1.82) is 0 Å². The molecular weight excluding hydrogens is 254 g/mol. The molecule has 7 nitrogen and oxygen atoms in total. The molecule has 1 aliphatic heterocycles. The third-order valence-electron chi connectivity index (χ3n) is 2.81. The van der Waals surface area contributed by atoms with Crippen molar-refractivity contribution in [1.82, 2.24) is 14.5 Å². The van der Waals surface area contributed by atoms with Crippen molar-refractivity contribution in [2.75, 3.05) is 31.6 Å². The van der Waals surface area contributed by atoms with Gasteiger partial charge in [0.1, 0.15) is 16.7 Å². The molecule has 1 saturated heterocycles. The third-order valence-corrected chi connectivity index (χ3v) is 3.54. The average Bonchev–Trinajstić information content (AvgIpc) is 2.78. The second-order valence-corrected chi connectivity index (χ2v) is 4.80. The molecule has 3 N–H and O–H groups in total. The fourth-order valence-electron chi connectivity index (χ4n) is 1.89. The summed E-state index contributed by atoms with van der Waals surface area (Å²) in [6, 6.07) is -0.380. The Morgan fingerprint density at radius 3 is 3.28 bits per heavy atom. The molecule has 1 fully saturated rings. The highest BCUT2D eigenvalue weighted by Crippen LogP contribution is 2.20. The van der Waals surface area contributed by atoms with E-state index in [0.717, 1.165) is 17.2 Å². The Hall–Kier alpha value is -1.25. The van der Waals surface area contributed by atoms with Crippen molar-refractivity contribution in [2.45, 2.75) is 19.5 Å². The zero-order chi connectivity index (χ0) is 13.0. The minimum atomic E-state index is -0.380. The highest BCUT2D eigenvalue weighted by atomic mass is 32.1. The number of carbonyl (C=O) groups excluding carboxylic acids is 1. The number of rotatable bonds is 5. The average molecular weight is 271 g/mol. The van der Waals surface area contributed by atoms with E-state index in [2.05, 4.69) is 14.9 Å². The zero-order valence-electron chi connectivity index (χ0n) is 10.3. The van der Waals surface area contributed by atoms with Gasteiger partial charge in [0, 0.05) is 31.2 Å². The number of hydrogen-bond donors (Lipinski definition) is 2. The molecule has 2 rings (SSSR count). The summed E-state index contributed by atoms with van der Waals surface area (Å²) in [5, 5.41) is 8.25. The lowest BCUT2D eigenvalue weighted by molar-refractivity contribution is -0.129. The predicted molar refractivity (Wildman–Crippen MR) is 68.3 cm³/mol. The van der Waals surface area contributed by atoms with Gasteiger partial charge in [-0.05, 0) is 6.92 Å². The maximum atomic E-state index is 11.4. The van der Waals surface area contributed by atoms with Crippen LogP contribution in [0.5, 0.6) is 0 Å². The molecule has 1 amide bonds. The lowest BCUT2D eigenvalue weighted by atomic mass is 10.2. The Bertz CT molecular complexity index is 411. The number of primary amides is 1. The summed E-state index contributed by atoms with van der Waals surface area (Å²) in [6.07, 6.45) is 0. The fourth-order valence-corrected chi connectivity index (χ4v) is 2.53. The van der Waals surface area contributed by atoms with Gasteiger partial charge in [-0.1, -0.05) is 4.49 Å². The Morgan fingerprint density at radius 1 is 1.72 bits per heavy atom. The van der Waals surface area contributed by atoms with Crippen molar-refractivity contribution >= 4 is 22.4 Å². The van der Waals surface area contributed by atoms with Gasteiger partial charge in [-0.25, -0.2) is 0 Å². The molecule has 0 bridgehead atoms. The number of anilines is 1. The first-order valence-corrected chi connectivity index (χ1v) is 6.66. The summed E-state index contributed by atoms with van der Waals surface area (Å²) < 4.78 is 9.21. The molecule has 1 aromatic heterocycles. The maximum Gasteiger partial charge on any atom is 0.237 e. The highest BCUT2D eigenvalue weighted by molar-refractivity contribution is 7.10. The van der Waals surface area contributed by atoms with Crippen molar-refractivity contribution in [3.8, 4) is 0 Å². The summed E-state index contributed by atoms with van der Waals surface area (Å²) in [5.41, 5.74) is 6.23. The van der Waals surface area contributed by atoms with E-state index in [1.165, 1.54) is 11.5 Å². The first-order valence-electron chi connectivity index (χ1n) is 5.88. The van der Waals surface area contributed by atoms with Gasteiger partial charge in [0.15, 0.2) is 0 Å². The largest absolute Gasteiger partial charge is 0.378 e. The molecule has 1 aromatic rings. The molecule has 1 aliphatic rings. The number of nitrogens with zero attached hydrogens (tertiary/aromatic N) is 3. The van der Waals surface area contributed by atoms with Gasteiger partial charge in [0.25, 0.3) is 0 Å². The molecular formula is C10H17N5O2S. The van der Waals surface area contributed by atoms with Gasteiger partial charge in [-0.2, -0.15) is 0 Å². The van der Waals surface area contributed by atoms with E-state index in [0.29, 0.717) is 26.3 Å². The van der Waals surface area contributed by atoms with E-state index < -0.39 is 0 Å². The Balaban J connectivity index is 2.06. The Labute approximate surface area is 109 Å². The van der Waals surface area contributed by atoms with Crippen LogP contribution in [0.15, 0.2) is 0 Å². The van der Waals surface area contributed by atoms with Crippen LogP contribution < -0.4 is 11.1 Å². The van der Waals surface area contributed by atoms with Gasteiger partial charge in [0.2, 0.25) is 5.91 Å². The van der Waals surface area contributed by atoms with Crippen molar-refractivity contribution in [3.05, 3.63) is 5.69 Å². The maximum absolute atomic E-state index is 11.4. The van der Waals surface area contributed by atoms with Crippen LogP contribution in [-0.4, -0.2) is 52.7 Å². The van der Waals surface area contributed by atoms with E-state index in [1.54, 1.807) is 0 Å². The zero-order valence-corrected chi connectivity index (χ0v) is 11.1. The quantitative estimate of drug-likeness (QED) is 0.761. The van der Waals surface area contributed by atoms with Crippen LogP contribution in [0.25, 0.3) is 0 Å². The van der Waals surface area contributed by atoms with Crippen LogP contribution in [0.3, 0.4) is 0 Å². The standard InChI is InChI=1S/C10H17N5O2S/c1-2-12-10-7(13-14-18-10)5-15-3-4-17-6-8(15)9(11)16/h8,12H,2-6H2,1H3,(H2,11,16). The van der Waals surface area contributed by atoms with Crippen molar-refractivity contribution in [3.63, 3.8) is 0 Å². The summed E-state index contributed by atoms with van der Waals surface area (Å²) in [7, 11) is 0. The molecule has 0 aromatic carbocycles. The van der Waals surface area contributed by atoms with Crippen LogP contribution in [0.2, 0.25) is 0 Å². The molecule has 1 atom stereocenters. The van der Waals surface area contributed by atoms with Crippen LogP contribution in [-0.2, 0) is 16.1 Å². The van der Waals surface area contributed by atoms with Crippen LogP contribution >= 0.6 is 11.5 Å². The number of nitrogens with one attached hydrogen (secondary N) is 1. The first-order chi connectivity index (χ1) is 8.72. The Kier molecular flexibility index (Phi) is 4.45. The van der Waals surface area contributed by atoms with Gasteiger partial charge in [-0.15, -0.1) is 5.10 Å². The molecule has 0 spiro atoms. The van der Waals surface area contributed by atoms with Crippen molar-refractivity contribution in [2.24, 2.45) is 5.73 Å². The highest BCUT2D eigenvalue weighted by Gasteiger charge is 2.28. The van der Waals surface area contributed by atoms with Crippen molar-refractivity contribution < 1.29 is 9.53 Å². The first kappa shape index (κ1) is 13.2. The van der Waals surface area contributed by atoms with Crippen LogP contribution in [0.4, 0.5) is 5.00 Å². The lowest BCUT2D eigenvalue weighted by Gasteiger charge is -2.32. The van der Waals surface area contributed by atoms with Crippen LogP contribution in [0, 0.1) is 0 Å². The number of carbonyl (C=O) groups is 1. The molecule has 2 heterocycles. The topological polar surface area (TPSA) is 93.4 Å². The number of amides is 1. The van der Waals surface area contributed by atoms with Gasteiger partial charge >= 0.3 is 0 Å². The molecule has 8 heteroatoms. The molecule has 0 saturated carbocycles. The summed E-state index contributed by atoms with van der Waals surface area (Å²) >= 11 is 1.33.